The molecular weight excluding hydrogens is 238 g/mol. The molecule has 4 nitrogen and oxygen atoms in total. The second-order valence-electron chi connectivity index (χ2n) is 3.69. The van der Waals surface area contributed by atoms with Gasteiger partial charge in [0.1, 0.15) is 5.75 Å². The van der Waals surface area contributed by atoms with Crippen molar-refractivity contribution >= 4 is 17.4 Å². The number of aliphatic hydroxyl groups excluding tert-OH is 2. The van der Waals surface area contributed by atoms with Crippen LogP contribution in [0.1, 0.15) is 6.42 Å². The summed E-state index contributed by atoms with van der Waals surface area (Å²) in [5, 5.41) is 17.7. The SMILES string of the molecule is Nc1cccc(OCCCSCC(O)CO)c1. The van der Waals surface area contributed by atoms with Crippen LogP contribution < -0.4 is 10.5 Å². The van der Waals surface area contributed by atoms with Gasteiger partial charge in [-0.1, -0.05) is 6.07 Å². The summed E-state index contributed by atoms with van der Waals surface area (Å²) in [6.45, 7) is 0.457. The van der Waals surface area contributed by atoms with E-state index in [0.717, 1.165) is 17.9 Å². The maximum atomic E-state index is 9.11. The Morgan fingerprint density at radius 2 is 2.24 bits per heavy atom. The molecule has 0 radical (unpaired) electrons. The zero-order chi connectivity index (χ0) is 12.5. The van der Waals surface area contributed by atoms with Crippen LogP contribution in [0, 0.1) is 0 Å². The quantitative estimate of drug-likeness (QED) is 0.481. The molecule has 0 aliphatic carbocycles. The standard InChI is InChI=1S/C12H19NO3S/c13-10-3-1-4-12(7-10)16-5-2-6-17-9-11(15)8-14/h1,3-4,7,11,14-15H,2,5-6,8-9,13H2. The monoisotopic (exact) mass is 257 g/mol. The van der Waals surface area contributed by atoms with Crippen molar-refractivity contribution in [2.45, 2.75) is 12.5 Å². The van der Waals surface area contributed by atoms with Crippen LogP contribution in [-0.2, 0) is 0 Å². The first kappa shape index (κ1) is 14.2. The molecule has 0 aliphatic rings. The number of benzene rings is 1. The molecule has 1 aromatic carbocycles. The van der Waals surface area contributed by atoms with Crippen LogP contribution >= 0.6 is 11.8 Å². The first-order valence-electron chi connectivity index (χ1n) is 5.57. The number of thioether (sulfide) groups is 1. The van der Waals surface area contributed by atoms with Crippen molar-refractivity contribution in [1.82, 2.24) is 0 Å². The Kier molecular flexibility index (Phi) is 6.84. The molecule has 0 amide bonds. The van der Waals surface area contributed by atoms with Crippen molar-refractivity contribution < 1.29 is 14.9 Å². The third-order valence-electron chi connectivity index (χ3n) is 2.08. The van der Waals surface area contributed by atoms with Gasteiger partial charge in [0.2, 0.25) is 0 Å². The Bertz CT molecular complexity index is 322. The minimum absolute atomic E-state index is 0.174. The number of aliphatic hydroxyl groups is 2. The average molecular weight is 257 g/mol. The summed E-state index contributed by atoms with van der Waals surface area (Å²) < 4.78 is 5.51. The Hall–Kier alpha value is -0.910. The number of hydrogen-bond acceptors (Lipinski definition) is 5. The maximum Gasteiger partial charge on any atom is 0.121 e. The van der Waals surface area contributed by atoms with Gasteiger partial charge in [-0.25, -0.2) is 0 Å². The second-order valence-corrected chi connectivity index (χ2v) is 4.84. The lowest BCUT2D eigenvalue weighted by Gasteiger charge is -2.08. The van der Waals surface area contributed by atoms with Crippen LogP contribution in [-0.4, -0.2) is 41.0 Å². The second kappa shape index (κ2) is 8.22. The van der Waals surface area contributed by atoms with Crippen molar-refractivity contribution in [1.29, 1.82) is 0 Å². The minimum Gasteiger partial charge on any atom is -0.493 e. The summed E-state index contributed by atoms with van der Waals surface area (Å²) in [6, 6.07) is 7.34. The summed E-state index contributed by atoms with van der Waals surface area (Å²) >= 11 is 1.61. The van der Waals surface area contributed by atoms with E-state index in [-0.39, 0.29) is 6.61 Å². The van der Waals surface area contributed by atoms with Gasteiger partial charge in [-0.2, -0.15) is 11.8 Å². The highest BCUT2D eigenvalue weighted by molar-refractivity contribution is 7.99. The summed E-state index contributed by atoms with van der Waals surface area (Å²) in [7, 11) is 0. The molecule has 0 bridgehead atoms. The predicted molar refractivity (Wildman–Crippen MR) is 71.4 cm³/mol. The molecule has 1 rings (SSSR count). The van der Waals surface area contributed by atoms with E-state index in [1.807, 2.05) is 18.2 Å². The van der Waals surface area contributed by atoms with Crippen LogP contribution in [0.25, 0.3) is 0 Å². The lowest BCUT2D eigenvalue weighted by atomic mass is 10.3. The number of hydrogen-bond donors (Lipinski definition) is 3. The van der Waals surface area contributed by atoms with E-state index >= 15 is 0 Å². The highest BCUT2D eigenvalue weighted by Crippen LogP contribution is 2.15. The molecule has 0 spiro atoms. The lowest BCUT2D eigenvalue weighted by Crippen LogP contribution is -2.15. The molecule has 0 fully saturated rings. The van der Waals surface area contributed by atoms with E-state index in [4.69, 9.17) is 20.7 Å². The van der Waals surface area contributed by atoms with Crippen molar-refractivity contribution in [3.8, 4) is 5.75 Å². The van der Waals surface area contributed by atoms with Gasteiger partial charge < -0.3 is 20.7 Å². The molecule has 0 saturated carbocycles. The highest BCUT2D eigenvalue weighted by atomic mass is 32.2. The molecule has 0 heterocycles. The van der Waals surface area contributed by atoms with E-state index in [1.54, 1.807) is 17.8 Å². The summed E-state index contributed by atoms with van der Waals surface area (Å²) in [5.41, 5.74) is 6.32. The van der Waals surface area contributed by atoms with Crippen molar-refractivity contribution in [2.24, 2.45) is 0 Å². The molecular formula is C12H19NO3S. The fraction of sp³-hybridized carbons (Fsp3) is 0.500. The van der Waals surface area contributed by atoms with Gasteiger partial charge in [-0.3, -0.25) is 0 Å². The first-order chi connectivity index (χ1) is 8.22. The number of anilines is 1. The van der Waals surface area contributed by atoms with Crippen molar-refractivity contribution in [3.05, 3.63) is 24.3 Å². The summed E-state index contributed by atoms with van der Waals surface area (Å²) in [6.07, 6.45) is 0.285. The molecule has 96 valence electrons. The molecule has 1 atom stereocenters. The van der Waals surface area contributed by atoms with Gasteiger partial charge in [0, 0.05) is 17.5 Å². The average Bonchev–Trinajstić information content (AvgIpc) is 2.33. The van der Waals surface area contributed by atoms with Crippen LogP contribution in [0.4, 0.5) is 5.69 Å². The third kappa shape index (κ3) is 6.41. The maximum absolute atomic E-state index is 9.11. The van der Waals surface area contributed by atoms with E-state index in [1.165, 1.54) is 0 Å². The third-order valence-corrected chi connectivity index (χ3v) is 3.28. The molecule has 1 unspecified atom stereocenters. The van der Waals surface area contributed by atoms with Crippen molar-refractivity contribution in [2.75, 3.05) is 30.5 Å². The topological polar surface area (TPSA) is 75.7 Å². The Labute approximate surface area is 106 Å². The van der Waals surface area contributed by atoms with E-state index in [9.17, 15) is 0 Å². The van der Waals surface area contributed by atoms with Gasteiger partial charge in [-0.15, -0.1) is 0 Å². The normalized spacial score (nSPS) is 12.4. The molecule has 5 heteroatoms. The fourth-order valence-electron chi connectivity index (χ4n) is 1.23. The van der Waals surface area contributed by atoms with Crippen LogP contribution in [0.15, 0.2) is 24.3 Å². The smallest absolute Gasteiger partial charge is 0.121 e. The Morgan fingerprint density at radius 3 is 2.94 bits per heavy atom. The number of nitrogen functional groups attached to an aromatic ring is 1. The van der Waals surface area contributed by atoms with E-state index in [0.29, 0.717) is 18.0 Å². The molecule has 0 saturated heterocycles. The zero-order valence-electron chi connectivity index (χ0n) is 9.71. The molecule has 0 aliphatic heterocycles. The van der Waals surface area contributed by atoms with Gasteiger partial charge >= 0.3 is 0 Å². The van der Waals surface area contributed by atoms with Crippen molar-refractivity contribution in [3.63, 3.8) is 0 Å². The van der Waals surface area contributed by atoms with Gasteiger partial charge in [0.15, 0.2) is 0 Å². The zero-order valence-corrected chi connectivity index (χ0v) is 10.5. The van der Waals surface area contributed by atoms with Gasteiger partial charge in [0.25, 0.3) is 0 Å². The minimum atomic E-state index is -0.616. The Balaban J connectivity index is 2.05. The van der Waals surface area contributed by atoms with Crippen LogP contribution in [0.2, 0.25) is 0 Å². The predicted octanol–water partition coefficient (Wildman–Crippen LogP) is 1.12. The molecule has 4 N–H and O–H groups in total. The van der Waals surface area contributed by atoms with Gasteiger partial charge in [0.05, 0.1) is 19.3 Å². The van der Waals surface area contributed by atoms with E-state index < -0.39 is 6.10 Å². The Morgan fingerprint density at radius 1 is 1.41 bits per heavy atom. The lowest BCUT2D eigenvalue weighted by molar-refractivity contribution is 0.113. The largest absolute Gasteiger partial charge is 0.493 e. The fourth-order valence-corrected chi connectivity index (χ4v) is 2.09. The molecule has 1 aromatic rings. The first-order valence-corrected chi connectivity index (χ1v) is 6.73. The van der Waals surface area contributed by atoms with Crippen LogP contribution in [0.5, 0.6) is 5.75 Å². The highest BCUT2D eigenvalue weighted by Gasteiger charge is 2.01. The number of nitrogens with two attached hydrogens (primary N) is 1. The number of rotatable bonds is 8. The molecule has 17 heavy (non-hydrogen) atoms. The van der Waals surface area contributed by atoms with Crippen LogP contribution in [0.3, 0.4) is 0 Å². The number of ether oxygens (including phenoxy) is 1. The van der Waals surface area contributed by atoms with E-state index in [2.05, 4.69) is 0 Å². The summed E-state index contributed by atoms with van der Waals surface area (Å²) in [4.78, 5) is 0. The summed E-state index contributed by atoms with van der Waals surface area (Å²) in [5.74, 6) is 2.25. The van der Waals surface area contributed by atoms with Gasteiger partial charge in [-0.05, 0) is 24.3 Å². The molecule has 0 aromatic heterocycles.